The molecule has 3 nitrogen and oxygen atoms in total. The summed E-state index contributed by atoms with van der Waals surface area (Å²) >= 11 is 11.6. The number of benzene rings is 2. The van der Waals surface area contributed by atoms with E-state index < -0.39 is 10.0 Å². The molecular formula is C12H8Cl2NNaO2S. The van der Waals surface area contributed by atoms with E-state index >= 15 is 0 Å². The first kappa shape index (κ1) is 16.8. The minimum atomic E-state index is -3.74. The summed E-state index contributed by atoms with van der Waals surface area (Å²) < 4.78 is 27.6. The summed E-state index contributed by atoms with van der Waals surface area (Å²) in [6, 6.07) is 12.3. The van der Waals surface area contributed by atoms with E-state index in [2.05, 4.69) is 4.72 Å². The Labute approximate surface area is 144 Å². The van der Waals surface area contributed by atoms with Crippen LogP contribution >= 0.6 is 23.2 Å². The summed E-state index contributed by atoms with van der Waals surface area (Å²) in [6.45, 7) is 0. The molecule has 0 aromatic heterocycles. The molecule has 2 rings (SSSR count). The van der Waals surface area contributed by atoms with Crippen LogP contribution in [0.25, 0.3) is 4.72 Å². The van der Waals surface area contributed by atoms with E-state index in [1.54, 1.807) is 18.2 Å². The first-order valence-electron chi connectivity index (χ1n) is 4.96. The number of nitrogens with zero attached hydrogens (tertiary/aromatic N) is 1. The molecule has 0 N–H and O–H groups in total. The fourth-order valence-corrected chi connectivity index (χ4v) is 2.88. The van der Waals surface area contributed by atoms with E-state index in [1.165, 1.54) is 30.3 Å². The Bertz CT molecular complexity index is 642. The molecule has 2 aromatic carbocycles. The topological polar surface area (TPSA) is 48.2 Å². The average molecular weight is 324 g/mol. The summed E-state index contributed by atoms with van der Waals surface area (Å²) in [6.07, 6.45) is 0. The Morgan fingerprint density at radius 3 is 1.95 bits per heavy atom. The minimum Gasteiger partial charge on any atom is -0.573 e. The maximum absolute atomic E-state index is 12.0. The van der Waals surface area contributed by atoms with Crippen LogP contribution in [0.3, 0.4) is 0 Å². The molecule has 0 aliphatic heterocycles. The van der Waals surface area contributed by atoms with Crippen LogP contribution in [0.2, 0.25) is 10.0 Å². The van der Waals surface area contributed by atoms with Crippen LogP contribution in [0, 0.1) is 0 Å². The summed E-state index contributed by atoms with van der Waals surface area (Å²) in [5, 5.41) is 0.675. The van der Waals surface area contributed by atoms with Gasteiger partial charge >= 0.3 is 29.6 Å². The molecule has 0 bridgehead atoms. The van der Waals surface area contributed by atoms with Crippen molar-refractivity contribution in [1.29, 1.82) is 0 Å². The van der Waals surface area contributed by atoms with Crippen LogP contribution in [0.1, 0.15) is 0 Å². The van der Waals surface area contributed by atoms with Crippen molar-refractivity contribution < 1.29 is 38.0 Å². The predicted molar refractivity (Wildman–Crippen MR) is 73.1 cm³/mol. The predicted octanol–water partition coefficient (Wildman–Crippen LogP) is 1.39. The van der Waals surface area contributed by atoms with E-state index in [0.717, 1.165) is 0 Å². The van der Waals surface area contributed by atoms with Crippen molar-refractivity contribution in [3.63, 3.8) is 0 Å². The van der Waals surface area contributed by atoms with Gasteiger partial charge in [0.1, 0.15) is 10.0 Å². The van der Waals surface area contributed by atoms with Crippen molar-refractivity contribution in [2.45, 2.75) is 4.90 Å². The van der Waals surface area contributed by atoms with Gasteiger partial charge in [0.2, 0.25) is 0 Å². The van der Waals surface area contributed by atoms with Gasteiger partial charge in [-0.2, -0.15) is 0 Å². The van der Waals surface area contributed by atoms with Crippen molar-refractivity contribution in [3.8, 4) is 0 Å². The van der Waals surface area contributed by atoms with Gasteiger partial charge in [-0.25, -0.2) is 8.42 Å². The Morgan fingerprint density at radius 2 is 1.42 bits per heavy atom. The van der Waals surface area contributed by atoms with Gasteiger partial charge in [0.25, 0.3) is 0 Å². The zero-order valence-corrected chi connectivity index (χ0v) is 14.4. The summed E-state index contributed by atoms with van der Waals surface area (Å²) in [4.78, 5) is 0.126. The summed E-state index contributed by atoms with van der Waals surface area (Å²) in [7, 11) is -3.74. The Kier molecular flexibility index (Phi) is 6.17. The normalized spacial score (nSPS) is 10.6. The standard InChI is InChI=1S/C12H8Cl2NO2S.Na/c13-9-6-10(14)8-11(7-9)15-18(16,17)12-4-2-1-3-5-12;/h1-8H;/q-1;+1. The molecule has 94 valence electrons. The maximum atomic E-state index is 12.0. The fraction of sp³-hybridized carbons (Fsp3) is 0. The van der Waals surface area contributed by atoms with Crippen molar-refractivity contribution in [1.82, 2.24) is 0 Å². The van der Waals surface area contributed by atoms with Gasteiger partial charge in [-0.15, -0.1) is 5.69 Å². The summed E-state index contributed by atoms with van der Waals surface area (Å²) in [5.41, 5.74) is 0.205. The first-order chi connectivity index (χ1) is 8.47. The number of halogens is 2. The fourth-order valence-electron chi connectivity index (χ4n) is 1.38. The molecule has 7 heteroatoms. The number of rotatable bonds is 3. The van der Waals surface area contributed by atoms with Gasteiger partial charge in [0, 0.05) is 10.0 Å². The number of hydrogen-bond donors (Lipinski definition) is 0. The van der Waals surface area contributed by atoms with Gasteiger partial charge in [0.15, 0.2) is 0 Å². The van der Waals surface area contributed by atoms with Crippen molar-refractivity contribution in [2.24, 2.45) is 0 Å². The number of hydrogen-bond acceptors (Lipinski definition) is 2. The monoisotopic (exact) mass is 323 g/mol. The third-order valence-corrected chi connectivity index (χ3v) is 3.87. The van der Waals surface area contributed by atoms with E-state index in [0.29, 0.717) is 10.0 Å². The van der Waals surface area contributed by atoms with Gasteiger partial charge in [-0.3, -0.25) is 0 Å². The largest absolute Gasteiger partial charge is 1.00 e. The van der Waals surface area contributed by atoms with Crippen LogP contribution < -0.4 is 29.6 Å². The SMILES string of the molecule is O=S(=O)([N-]c1cc(Cl)cc(Cl)c1)c1ccccc1.[Na+]. The van der Waals surface area contributed by atoms with Crippen LogP contribution in [0.4, 0.5) is 5.69 Å². The Hall–Kier alpha value is -0.230. The molecular weight excluding hydrogens is 316 g/mol. The van der Waals surface area contributed by atoms with Crippen molar-refractivity contribution >= 4 is 38.9 Å². The van der Waals surface area contributed by atoms with Crippen LogP contribution in [0.5, 0.6) is 0 Å². The van der Waals surface area contributed by atoms with Crippen LogP contribution in [-0.4, -0.2) is 8.42 Å². The molecule has 0 saturated carbocycles. The molecule has 0 unspecified atom stereocenters. The molecule has 0 saturated heterocycles. The Balaban J connectivity index is 0.00000180. The molecule has 0 fully saturated rings. The molecule has 19 heavy (non-hydrogen) atoms. The molecule has 0 atom stereocenters. The molecule has 0 spiro atoms. The van der Waals surface area contributed by atoms with Gasteiger partial charge in [-0.1, -0.05) is 53.5 Å². The maximum Gasteiger partial charge on any atom is 1.00 e. The van der Waals surface area contributed by atoms with Gasteiger partial charge < -0.3 is 4.72 Å². The molecule has 0 aliphatic rings. The second kappa shape index (κ2) is 6.97. The van der Waals surface area contributed by atoms with Crippen molar-refractivity contribution in [2.75, 3.05) is 0 Å². The van der Waals surface area contributed by atoms with Crippen LogP contribution in [0.15, 0.2) is 53.4 Å². The van der Waals surface area contributed by atoms with Crippen LogP contribution in [-0.2, 0) is 10.0 Å². The average Bonchev–Trinajstić information content (AvgIpc) is 2.28. The van der Waals surface area contributed by atoms with Gasteiger partial charge in [-0.05, 0) is 18.2 Å². The van der Waals surface area contributed by atoms with Crippen molar-refractivity contribution in [3.05, 3.63) is 63.3 Å². The molecule has 2 aromatic rings. The molecule has 0 amide bonds. The third-order valence-electron chi connectivity index (χ3n) is 2.11. The molecule has 0 heterocycles. The minimum absolute atomic E-state index is 0. The first-order valence-corrected chi connectivity index (χ1v) is 7.16. The molecule has 0 radical (unpaired) electrons. The third kappa shape index (κ3) is 4.67. The van der Waals surface area contributed by atoms with E-state index in [-0.39, 0.29) is 40.1 Å². The van der Waals surface area contributed by atoms with E-state index in [9.17, 15) is 8.42 Å². The van der Waals surface area contributed by atoms with Gasteiger partial charge in [0.05, 0.1) is 4.90 Å². The molecule has 0 aliphatic carbocycles. The second-order valence-corrected chi connectivity index (χ2v) is 5.98. The van der Waals surface area contributed by atoms with E-state index in [4.69, 9.17) is 23.2 Å². The summed E-state index contributed by atoms with van der Waals surface area (Å²) in [5.74, 6) is 0. The Morgan fingerprint density at radius 1 is 0.895 bits per heavy atom. The zero-order chi connectivity index (χ0) is 13.2. The zero-order valence-electron chi connectivity index (χ0n) is 10.0. The second-order valence-electron chi connectivity index (χ2n) is 3.51. The smallest absolute Gasteiger partial charge is 0.573 e. The quantitative estimate of drug-likeness (QED) is 0.801. The number of sulfonamides is 1. The van der Waals surface area contributed by atoms with E-state index in [1.807, 2.05) is 0 Å².